The van der Waals surface area contributed by atoms with E-state index in [9.17, 15) is 5.11 Å². The van der Waals surface area contributed by atoms with Gasteiger partial charge in [-0.15, -0.1) is 0 Å². The van der Waals surface area contributed by atoms with Gasteiger partial charge < -0.3 is 5.11 Å². The molecule has 0 fully saturated rings. The Morgan fingerprint density at radius 3 is 2.62 bits per heavy atom. The van der Waals surface area contributed by atoms with E-state index in [1.165, 1.54) is 0 Å². The van der Waals surface area contributed by atoms with Gasteiger partial charge in [-0.1, -0.05) is 45.7 Å². The molecule has 1 N–H and O–H groups in total. The number of halogens is 2. The minimum absolute atomic E-state index is 0.542. The highest BCUT2D eigenvalue weighted by Gasteiger charge is 2.14. The van der Waals surface area contributed by atoms with Gasteiger partial charge >= 0.3 is 0 Å². The smallest absolute Gasteiger partial charge is 0.0851 e. The van der Waals surface area contributed by atoms with Crippen LogP contribution in [0.1, 0.15) is 17.2 Å². The van der Waals surface area contributed by atoms with Crippen LogP contribution in [0.3, 0.4) is 0 Å². The van der Waals surface area contributed by atoms with E-state index < -0.39 is 6.10 Å². The number of hydrogen-bond donors (Lipinski definition) is 1. The molecule has 21 heavy (non-hydrogen) atoms. The van der Waals surface area contributed by atoms with Crippen molar-refractivity contribution in [1.29, 1.82) is 0 Å². The third-order valence-corrected chi connectivity index (χ3v) is 4.31. The minimum Gasteiger partial charge on any atom is -0.388 e. The maximum absolute atomic E-state index is 10.5. The molecule has 1 atom stereocenters. The van der Waals surface area contributed by atoms with Crippen molar-refractivity contribution >= 4 is 38.4 Å². The molecule has 0 amide bonds. The van der Waals surface area contributed by atoms with Gasteiger partial charge in [0, 0.05) is 33.1 Å². The molecule has 0 aliphatic carbocycles. The van der Waals surface area contributed by atoms with Crippen LogP contribution in [0.4, 0.5) is 0 Å². The molecule has 1 aromatic heterocycles. The van der Waals surface area contributed by atoms with Crippen LogP contribution in [0.2, 0.25) is 5.02 Å². The van der Waals surface area contributed by atoms with Crippen molar-refractivity contribution < 1.29 is 5.11 Å². The highest BCUT2D eigenvalue weighted by Crippen LogP contribution is 2.30. The molecule has 0 saturated heterocycles. The van der Waals surface area contributed by atoms with Crippen LogP contribution in [0.25, 0.3) is 10.9 Å². The molecule has 1 unspecified atom stereocenters. The van der Waals surface area contributed by atoms with Gasteiger partial charge in [0.15, 0.2) is 0 Å². The molecule has 1 heterocycles. The Hall–Kier alpha value is -1.42. The van der Waals surface area contributed by atoms with Gasteiger partial charge in [0.25, 0.3) is 0 Å². The molecule has 3 aromatic rings. The Morgan fingerprint density at radius 1 is 1.10 bits per heavy atom. The molecule has 0 aliphatic heterocycles. The minimum atomic E-state index is -0.610. The first-order chi connectivity index (χ1) is 10.1. The van der Waals surface area contributed by atoms with Gasteiger partial charge in [-0.05, 0) is 35.9 Å². The Balaban J connectivity index is 1.96. The molecule has 0 aliphatic rings. The van der Waals surface area contributed by atoms with E-state index in [1.807, 2.05) is 48.5 Å². The molecule has 3 rings (SSSR count). The van der Waals surface area contributed by atoms with E-state index in [4.69, 9.17) is 11.6 Å². The predicted molar refractivity (Wildman–Crippen MR) is 89.6 cm³/mol. The van der Waals surface area contributed by atoms with E-state index in [0.717, 1.165) is 26.5 Å². The van der Waals surface area contributed by atoms with Crippen molar-refractivity contribution in [2.24, 2.45) is 0 Å². The standard InChI is InChI=1S/C17H13BrClNO/c18-12-5-3-11(4-6-12)10-16(21)14-7-8-15(19)13-2-1-9-20-17(13)14/h1-9,16,21H,10H2. The monoisotopic (exact) mass is 361 g/mol. The molecule has 106 valence electrons. The first-order valence-corrected chi connectivity index (χ1v) is 7.78. The Morgan fingerprint density at radius 2 is 1.86 bits per heavy atom. The topological polar surface area (TPSA) is 33.1 Å². The summed E-state index contributed by atoms with van der Waals surface area (Å²) in [5.41, 5.74) is 2.64. The van der Waals surface area contributed by atoms with Crippen molar-refractivity contribution in [3.05, 3.63) is 75.4 Å². The number of aliphatic hydroxyl groups is 1. The lowest BCUT2D eigenvalue weighted by atomic mass is 9.99. The Labute approximate surface area is 136 Å². The number of benzene rings is 2. The van der Waals surface area contributed by atoms with Crippen LogP contribution in [0, 0.1) is 0 Å². The maximum atomic E-state index is 10.5. The van der Waals surface area contributed by atoms with Gasteiger partial charge in [-0.2, -0.15) is 0 Å². The predicted octanol–water partition coefficient (Wildman–Crippen LogP) is 4.93. The average Bonchev–Trinajstić information content (AvgIpc) is 2.50. The number of pyridine rings is 1. The normalized spacial score (nSPS) is 12.5. The fourth-order valence-electron chi connectivity index (χ4n) is 2.38. The van der Waals surface area contributed by atoms with Crippen LogP contribution in [0.15, 0.2) is 59.2 Å². The third-order valence-electron chi connectivity index (χ3n) is 3.45. The van der Waals surface area contributed by atoms with Gasteiger partial charge in [0.05, 0.1) is 11.6 Å². The largest absolute Gasteiger partial charge is 0.388 e. The average molecular weight is 363 g/mol. The molecule has 0 spiro atoms. The summed E-state index contributed by atoms with van der Waals surface area (Å²) in [7, 11) is 0. The van der Waals surface area contributed by atoms with Crippen molar-refractivity contribution in [2.75, 3.05) is 0 Å². The molecule has 2 aromatic carbocycles. The van der Waals surface area contributed by atoms with E-state index in [1.54, 1.807) is 6.20 Å². The zero-order chi connectivity index (χ0) is 14.8. The summed E-state index contributed by atoms with van der Waals surface area (Å²) in [6.45, 7) is 0. The second-order valence-corrected chi connectivity index (χ2v) is 6.21. The van der Waals surface area contributed by atoms with Gasteiger partial charge in [-0.25, -0.2) is 0 Å². The van der Waals surface area contributed by atoms with Crippen molar-refractivity contribution in [1.82, 2.24) is 4.98 Å². The summed E-state index contributed by atoms with van der Waals surface area (Å²) < 4.78 is 1.03. The lowest BCUT2D eigenvalue weighted by Crippen LogP contribution is -2.03. The summed E-state index contributed by atoms with van der Waals surface area (Å²) in [6, 6.07) is 15.4. The van der Waals surface area contributed by atoms with E-state index in [2.05, 4.69) is 20.9 Å². The van der Waals surface area contributed by atoms with E-state index >= 15 is 0 Å². The van der Waals surface area contributed by atoms with Crippen molar-refractivity contribution in [3.8, 4) is 0 Å². The first-order valence-electron chi connectivity index (χ1n) is 6.61. The Bertz CT molecular complexity index is 773. The van der Waals surface area contributed by atoms with Crippen LogP contribution in [-0.4, -0.2) is 10.1 Å². The number of aromatic nitrogens is 1. The molecule has 4 heteroatoms. The number of fused-ring (bicyclic) bond motifs is 1. The number of rotatable bonds is 3. The maximum Gasteiger partial charge on any atom is 0.0851 e. The van der Waals surface area contributed by atoms with Crippen LogP contribution in [0.5, 0.6) is 0 Å². The van der Waals surface area contributed by atoms with Crippen molar-refractivity contribution in [3.63, 3.8) is 0 Å². The second kappa shape index (κ2) is 6.14. The van der Waals surface area contributed by atoms with E-state index in [-0.39, 0.29) is 0 Å². The summed E-state index contributed by atoms with van der Waals surface area (Å²) in [6.07, 6.45) is 1.65. The van der Waals surface area contributed by atoms with Crippen LogP contribution < -0.4 is 0 Å². The zero-order valence-corrected chi connectivity index (χ0v) is 13.5. The number of hydrogen-bond acceptors (Lipinski definition) is 2. The zero-order valence-electron chi connectivity index (χ0n) is 11.1. The fourth-order valence-corrected chi connectivity index (χ4v) is 2.86. The molecule has 2 nitrogen and oxygen atoms in total. The molecule has 0 radical (unpaired) electrons. The summed E-state index contributed by atoms with van der Waals surface area (Å²) in [4.78, 5) is 4.37. The SMILES string of the molecule is OC(Cc1ccc(Br)cc1)c1ccc(Cl)c2cccnc12. The van der Waals surface area contributed by atoms with Gasteiger partial charge in [0.2, 0.25) is 0 Å². The summed E-state index contributed by atoms with van der Waals surface area (Å²) in [5, 5.41) is 12.1. The Kier molecular flexibility index (Phi) is 4.24. The van der Waals surface area contributed by atoms with Gasteiger partial charge in [-0.3, -0.25) is 4.98 Å². The van der Waals surface area contributed by atoms with Crippen LogP contribution in [-0.2, 0) is 6.42 Å². The van der Waals surface area contributed by atoms with E-state index in [0.29, 0.717) is 11.4 Å². The lowest BCUT2D eigenvalue weighted by Gasteiger charge is -2.14. The molecular weight excluding hydrogens is 350 g/mol. The lowest BCUT2D eigenvalue weighted by molar-refractivity contribution is 0.180. The number of nitrogens with zero attached hydrogens (tertiary/aromatic N) is 1. The van der Waals surface area contributed by atoms with Gasteiger partial charge in [0.1, 0.15) is 0 Å². The second-order valence-electron chi connectivity index (χ2n) is 4.88. The highest BCUT2D eigenvalue weighted by atomic mass is 79.9. The fraction of sp³-hybridized carbons (Fsp3) is 0.118. The molecule has 0 bridgehead atoms. The molecule has 0 saturated carbocycles. The van der Waals surface area contributed by atoms with Crippen LogP contribution >= 0.6 is 27.5 Å². The first kappa shape index (κ1) is 14.5. The third kappa shape index (κ3) is 3.10. The highest BCUT2D eigenvalue weighted by molar-refractivity contribution is 9.10. The summed E-state index contributed by atoms with van der Waals surface area (Å²) in [5.74, 6) is 0. The quantitative estimate of drug-likeness (QED) is 0.717. The van der Waals surface area contributed by atoms with Crippen molar-refractivity contribution in [2.45, 2.75) is 12.5 Å². The molecular formula is C17H13BrClNO. The summed E-state index contributed by atoms with van der Waals surface area (Å²) >= 11 is 9.59. The number of aliphatic hydroxyl groups excluding tert-OH is 1.